The van der Waals surface area contributed by atoms with Gasteiger partial charge in [0.2, 0.25) is 0 Å². The lowest BCUT2D eigenvalue weighted by atomic mass is 9.90. The van der Waals surface area contributed by atoms with Gasteiger partial charge in [-0.3, -0.25) is 0 Å². The molecule has 2 N–H and O–H groups in total. The maximum atomic E-state index is 6.52. The van der Waals surface area contributed by atoms with Crippen molar-refractivity contribution >= 4 is 5.69 Å². The number of anilines is 1. The van der Waals surface area contributed by atoms with Crippen molar-refractivity contribution in [3.05, 3.63) is 78.4 Å². The van der Waals surface area contributed by atoms with Gasteiger partial charge in [0.15, 0.2) is 0 Å². The smallest absolute Gasteiger partial charge is 0.0473 e. The zero-order chi connectivity index (χ0) is 15.5. The number of nitrogen functional groups attached to an aromatic ring is 1. The van der Waals surface area contributed by atoms with E-state index in [1.54, 1.807) is 0 Å². The standard InChI is InChI=1S/C21H21N/c1-15(2)18-13-19(16-9-5-3-6-10-16)21(22)20(14-18)17-11-7-4-8-12-17/h3-15H,22H2,1-2H3. The summed E-state index contributed by atoms with van der Waals surface area (Å²) < 4.78 is 0. The zero-order valence-corrected chi connectivity index (χ0v) is 13.1. The summed E-state index contributed by atoms with van der Waals surface area (Å²) >= 11 is 0. The first-order valence-corrected chi connectivity index (χ1v) is 7.71. The second-order valence-electron chi connectivity index (χ2n) is 5.92. The highest BCUT2D eigenvalue weighted by atomic mass is 14.6. The molecule has 110 valence electrons. The lowest BCUT2D eigenvalue weighted by Gasteiger charge is -2.16. The molecule has 0 saturated heterocycles. The third-order valence-corrected chi connectivity index (χ3v) is 4.04. The lowest BCUT2D eigenvalue weighted by Crippen LogP contribution is -1.98. The minimum Gasteiger partial charge on any atom is -0.398 e. The maximum Gasteiger partial charge on any atom is 0.0473 e. The van der Waals surface area contributed by atoms with Crippen molar-refractivity contribution in [2.24, 2.45) is 0 Å². The van der Waals surface area contributed by atoms with Gasteiger partial charge in [0.25, 0.3) is 0 Å². The van der Waals surface area contributed by atoms with Gasteiger partial charge >= 0.3 is 0 Å². The molecule has 0 unspecified atom stereocenters. The Balaban J connectivity index is 2.25. The van der Waals surface area contributed by atoms with Gasteiger partial charge in [-0.05, 0) is 34.7 Å². The average Bonchev–Trinajstić information content (AvgIpc) is 2.56. The van der Waals surface area contributed by atoms with E-state index in [2.05, 4.69) is 74.5 Å². The monoisotopic (exact) mass is 287 g/mol. The van der Waals surface area contributed by atoms with Crippen LogP contribution in [0.15, 0.2) is 72.8 Å². The van der Waals surface area contributed by atoms with E-state index in [0.717, 1.165) is 16.8 Å². The van der Waals surface area contributed by atoms with Crippen molar-refractivity contribution in [3.8, 4) is 22.3 Å². The van der Waals surface area contributed by atoms with E-state index in [1.807, 2.05) is 12.1 Å². The summed E-state index contributed by atoms with van der Waals surface area (Å²) in [6.07, 6.45) is 0. The third kappa shape index (κ3) is 2.75. The molecule has 0 saturated carbocycles. The van der Waals surface area contributed by atoms with E-state index in [1.165, 1.54) is 16.7 Å². The highest BCUT2D eigenvalue weighted by molar-refractivity contribution is 5.89. The fraction of sp³-hybridized carbons (Fsp3) is 0.143. The van der Waals surface area contributed by atoms with E-state index < -0.39 is 0 Å². The van der Waals surface area contributed by atoms with Crippen LogP contribution in [0, 0.1) is 0 Å². The summed E-state index contributed by atoms with van der Waals surface area (Å²) in [6.45, 7) is 4.43. The molecule has 0 aromatic heterocycles. The molecule has 1 heteroatoms. The first-order valence-electron chi connectivity index (χ1n) is 7.71. The van der Waals surface area contributed by atoms with Crippen LogP contribution < -0.4 is 5.73 Å². The normalized spacial score (nSPS) is 10.9. The van der Waals surface area contributed by atoms with Crippen LogP contribution in [-0.2, 0) is 0 Å². The molecular weight excluding hydrogens is 266 g/mol. The first kappa shape index (κ1) is 14.4. The van der Waals surface area contributed by atoms with Gasteiger partial charge in [-0.1, -0.05) is 74.5 Å². The van der Waals surface area contributed by atoms with Gasteiger partial charge in [-0.2, -0.15) is 0 Å². The number of hydrogen-bond donors (Lipinski definition) is 1. The molecule has 0 spiro atoms. The molecule has 0 fully saturated rings. The van der Waals surface area contributed by atoms with E-state index >= 15 is 0 Å². The Morgan fingerprint density at radius 2 is 1.09 bits per heavy atom. The Morgan fingerprint density at radius 3 is 1.45 bits per heavy atom. The molecule has 0 radical (unpaired) electrons. The van der Waals surface area contributed by atoms with Gasteiger partial charge < -0.3 is 5.73 Å². The van der Waals surface area contributed by atoms with Crippen LogP contribution in [0.25, 0.3) is 22.3 Å². The largest absolute Gasteiger partial charge is 0.398 e. The Hall–Kier alpha value is -2.54. The molecule has 0 atom stereocenters. The lowest BCUT2D eigenvalue weighted by molar-refractivity contribution is 0.868. The SMILES string of the molecule is CC(C)c1cc(-c2ccccc2)c(N)c(-c2ccccc2)c1. The maximum absolute atomic E-state index is 6.52. The molecule has 22 heavy (non-hydrogen) atoms. The van der Waals surface area contributed by atoms with Gasteiger partial charge in [0.1, 0.15) is 0 Å². The first-order chi connectivity index (χ1) is 10.7. The van der Waals surface area contributed by atoms with Crippen molar-refractivity contribution in [1.82, 2.24) is 0 Å². The zero-order valence-electron chi connectivity index (χ0n) is 13.1. The van der Waals surface area contributed by atoms with Crippen LogP contribution in [0.2, 0.25) is 0 Å². The second-order valence-corrected chi connectivity index (χ2v) is 5.92. The van der Waals surface area contributed by atoms with Crippen molar-refractivity contribution in [2.45, 2.75) is 19.8 Å². The van der Waals surface area contributed by atoms with Crippen LogP contribution in [-0.4, -0.2) is 0 Å². The predicted octanol–water partition coefficient (Wildman–Crippen LogP) is 5.73. The molecule has 1 nitrogen and oxygen atoms in total. The summed E-state index contributed by atoms with van der Waals surface area (Å²) in [4.78, 5) is 0. The number of nitrogens with two attached hydrogens (primary N) is 1. The molecule has 0 aliphatic carbocycles. The molecule has 0 aliphatic rings. The molecule has 3 rings (SSSR count). The molecular formula is C21H21N. The van der Waals surface area contributed by atoms with Gasteiger partial charge in [-0.25, -0.2) is 0 Å². The van der Waals surface area contributed by atoms with Crippen molar-refractivity contribution < 1.29 is 0 Å². The Kier molecular flexibility index (Phi) is 3.97. The summed E-state index contributed by atoms with van der Waals surface area (Å²) in [5.41, 5.74) is 13.2. The van der Waals surface area contributed by atoms with Crippen LogP contribution in [0.1, 0.15) is 25.3 Å². The van der Waals surface area contributed by atoms with Crippen LogP contribution in [0.3, 0.4) is 0 Å². The quantitative estimate of drug-likeness (QED) is 0.612. The van der Waals surface area contributed by atoms with Crippen LogP contribution >= 0.6 is 0 Å². The van der Waals surface area contributed by atoms with E-state index in [9.17, 15) is 0 Å². The molecule has 0 aliphatic heterocycles. The number of rotatable bonds is 3. The Labute approximate surface area is 132 Å². The van der Waals surface area contributed by atoms with Gasteiger partial charge in [0.05, 0.1) is 0 Å². The summed E-state index contributed by atoms with van der Waals surface area (Å²) in [5, 5.41) is 0. The molecule has 0 heterocycles. The number of hydrogen-bond acceptors (Lipinski definition) is 1. The fourth-order valence-electron chi connectivity index (χ4n) is 2.72. The van der Waals surface area contributed by atoms with Gasteiger partial charge in [0, 0.05) is 16.8 Å². The molecule has 3 aromatic carbocycles. The summed E-state index contributed by atoms with van der Waals surface area (Å²) in [6, 6.07) is 25.2. The van der Waals surface area contributed by atoms with Crippen LogP contribution in [0.4, 0.5) is 5.69 Å². The van der Waals surface area contributed by atoms with E-state index in [4.69, 9.17) is 5.73 Å². The predicted molar refractivity (Wildman–Crippen MR) is 95.8 cm³/mol. The Bertz CT molecular complexity index is 698. The van der Waals surface area contributed by atoms with Crippen molar-refractivity contribution in [2.75, 3.05) is 5.73 Å². The molecule has 3 aromatic rings. The van der Waals surface area contributed by atoms with Crippen molar-refractivity contribution in [3.63, 3.8) is 0 Å². The molecule has 0 amide bonds. The highest BCUT2D eigenvalue weighted by Crippen LogP contribution is 2.37. The third-order valence-electron chi connectivity index (χ3n) is 4.04. The minimum atomic E-state index is 0.463. The Morgan fingerprint density at radius 1 is 0.682 bits per heavy atom. The van der Waals surface area contributed by atoms with Crippen molar-refractivity contribution in [1.29, 1.82) is 0 Å². The summed E-state index contributed by atoms with van der Waals surface area (Å²) in [5.74, 6) is 0.463. The summed E-state index contributed by atoms with van der Waals surface area (Å²) in [7, 11) is 0. The second kappa shape index (κ2) is 6.07. The minimum absolute atomic E-state index is 0.463. The fourth-order valence-corrected chi connectivity index (χ4v) is 2.72. The highest BCUT2D eigenvalue weighted by Gasteiger charge is 2.13. The van der Waals surface area contributed by atoms with Crippen LogP contribution in [0.5, 0.6) is 0 Å². The van der Waals surface area contributed by atoms with Gasteiger partial charge in [-0.15, -0.1) is 0 Å². The topological polar surface area (TPSA) is 26.0 Å². The molecule has 0 bridgehead atoms. The van der Waals surface area contributed by atoms with E-state index in [-0.39, 0.29) is 0 Å². The average molecular weight is 287 g/mol. The number of benzene rings is 3. The van der Waals surface area contributed by atoms with E-state index in [0.29, 0.717) is 5.92 Å².